The van der Waals surface area contributed by atoms with Crippen molar-refractivity contribution < 1.29 is 14.7 Å². The Morgan fingerprint density at radius 2 is 2.19 bits per heavy atom. The summed E-state index contributed by atoms with van der Waals surface area (Å²) in [6, 6.07) is -0.660. The van der Waals surface area contributed by atoms with Crippen molar-refractivity contribution >= 4 is 5.78 Å². The Morgan fingerprint density at radius 1 is 1.43 bits per heavy atom. The number of hydroxylamine groups is 2. The molecule has 21 heavy (non-hydrogen) atoms. The number of methoxy groups -OCH3 is 1. The third kappa shape index (κ3) is 4.21. The van der Waals surface area contributed by atoms with Gasteiger partial charge in [-0.2, -0.15) is 0 Å². The molecule has 3 N–H and O–H groups in total. The molecule has 0 amide bonds. The van der Waals surface area contributed by atoms with Crippen LogP contribution >= 0.6 is 0 Å². The van der Waals surface area contributed by atoms with Gasteiger partial charge >= 0.3 is 0 Å². The van der Waals surface area contributed by atoms with E-state index in [1.807, 2.05) is 4.90 Å². The molecule has 0 radical (unpaired) electrons. The van der Waals surface area contributed by atoms with Crippen LogP contribution < -0.4 is 5.73 Å². The summed E-state index contributed by atoms with van der Waals surface area (Å²) in [5, 5.41) is 20.4. The summed E-state index contributed by atoms with van der Waals surface area (Å²) in [4.78, 5) is 14.5. The molecule has 2 fully saturated rings. The van der Waals surface area contributed by atoms with E-state index in [1.165, 1.54) is 7.11 Å². The predicted octanol–water partition coefficient (Wildman–Crippen LogP) is 0.699. The molecular weight excluding hydrogens is 274 g/mol. The van der Waals surface area contributed by atoms with Gasteiger partial charge in [0.2, 0.25) is 0 Å². The number of hydrogen-bond donors (Lipinski definition) is 2. The summed E-state index contributed by atoms with van der Waals surface area (Å²) in [6.45, 7) is 1.21. The van der Waals surface area contributed by atoms with Crippen molar-refractivity contribution in [2.75, 3.05) is 20.2 Å². The van der Waals surface area contributed by atoms with Crippen molar-refractivity contribution in [2.45, 2.75) is 56.8 Å². The van der Waals surface area contributed by atoms with Crippen LogP contribution in [0.15, 0.2) is 0 Å². The number of carbonyl (C=O) groups excluding carboxylic acids is 1. The summed E-state index contributed by atoms with van der Waals surface area (Å²) in [7, 11) is 1.52. The lowest BCUT2D eigenvalue weighted by Gasteiger charge is -2.42. The fourth-order valence-corrected chi connectivity index (χ4v) is 3.46. The number of nitrogens with zero attached hydrogens (tertiary/aromatic N) is 2. The predicted molar refractivity (Wildman–Crippen MR) is 77.3 cm³/mol. The zero-order chi connectivity index (χ0) is 15.4. The maximum Gasteiger partial charge on any atom is 0.150 e. The molecule has 0 bridgehead atoms. The largest absolute Gasteiger partial charge is 0.762 e. The molecule has 2 aliphatic rings. The first-order valence-electron chi connectivity index (χ1n) is 7.73. The van der Waals surface area contributed by atoms with Crippen LogP contribution in [-0.2, 0) is 9.53 Å². The molecule has 7 heteroatoms. The normalized spacial score (nSPS) is 35.1. The second-order valence-corrected chi connectivity index (χ2v) is 6.15. The summed E-state index contributed by atoms with van der Waals surface area (Å²) < 4.78 is 5.22. The zero-order valence-electron chi connectivity index (χ0n) is 12.6. The van der Waals surface area contributed by atoms with Crippen molar-refractivity contribution in [1.82, 2.24) is 10.1 Å². The van der Waals surface area contributed by atoms with Gasteiger partial charge < -0.3 is 20.9 Å². The van der Waals surface area contributed by atoms with Gasteiger partial charge in [0, 0.05) is 25.6 Å². The maximum atomic E-state index is 12.4. The van der Waals surface area contributed by atoms with E-state index in [-0.39, 0.29) is 29.2 Å². The number of hydrogen-bond acceptors (Lipinski definition) is 7. The minimum atomic E-state index is -0.660. The van der Waals surface area contributed by atoms with Gasteiger partial charge in [-0.3, -0.25) is 14.9 Å². The maximum absolute atomic E-state index is 12.4. The standard InChI is InChI=1S/C14H26N3O4/c1-21-13-6-5-10(8-11(13)17(19)20)12(18)9-16-7-3-2-4-14(16)15/h10-11,13-14,19H,2-9,15H2,1H3/q-1. The summed E-state index contributed by atoms with van der Waals surface area (Å²) >= 11 is 0. The van der Waals surface area contributed by atoms with Crippen molar-refractivity contribution in [3.8, 4) is 0 Å². The van der Waals surface area contributed by atoms with Gasteiger partial charge in [0.05, 0.1) is 18.8 Å². The quantitative estimate of drug-likeness (QED) is 0.720. The Bertz CT molecular complexity index is 353. The first-order valence-corrected chi connectivity index (χ1v) is 7.73. The molecule has 0 aromatic carbocycles. The van der Waals surface area contributed by atoms with Gasteiger partial charge in [0.15, 0.2) is 0 Å². The van der Waals surface area contributed by atoms with Crippen LogP contribution in [0, 0.1) is 11.1 Å². The molecule has 0 aromatic rings. The lowest BCUT2D eigenvalue weighted by Crippen LogP contribution is -2.50. The molecular formula is C14H26N3O4-. The van der Waals surface area contributed by atoms with Crippen molar-refractivity contribution in [3.63, 3.8) is 0 Å². The SMILES string of the molecule is COC1CCC(C(=O)CN2CCCCC2N)CC1N([O-])O. The fraction of sp³-hybridized carbons (Fsp3) is 0.929. The van der Waals surface area contributed by atoms with Crippen LogP contribution in [-0.4, -0.2) is 59.6 Å². The number of ketones is 1. The third-order valence-electron chi connectivity index (χ3n) is 4.82. The highest BCUT2D eigenvalue weighted by Crippen LogP contribution is 2.30. The van der Waals surface area contributed by atoms with Gasteiger partial charge in [-0.1, -0.05) is 0 Å². The van der Waals surface area contributed by atoms with Crippen molar-refractivity contribution in [2.24, 2.45) is 11.7 Å². The topological polar surface area (TPSA) is 102 Å². The van der Waals surface area contributed by atoms with Crippen LogP contribution in [0.5, 0.6) is 0 Å². The van der Waals surface area contributed by atoms with Crippen molar-refractivity contribution in [3.05, 3.63) is 5.21 Å². The van der Waals surface area contributed by atoms with Crippen molar-refractivity contribution in [1.29, 1.82) is 0 Å². The van der Waals surface area contributed by atoms with Crippen LogP contribution in [0.3, 0.4) is 0 Å². The second kappa shape index (κ2) is 7.62. The molecule has 1 aliphatic carbocycles. The Balaban J connectivity index is 1.90. The Labute approximate surface area is 125 Å². The highest BCUT2D eigenvalue weighted by molar-refractivity contribution is 5.83. The first-order chi connectivity index (χ1) is 10.0. The number of likely N-dealkylation sites (tertiary alicyclic amines) is 1. The number of piperidine rings is 1. The number of ether oxygens (including phenoxy) is 1. The number of carbonyl (C=O) groups is 1. The monoisotopic (exact) mass is 300 g/mol. The fourth-order valence-electron chi connectivity index (χ4n) is 3.46. The molecule has 1 heterocycles. The number of rotatable bonds is 5. The minimum absolute atomic E-state index is 0.0392. The van der Waals surface area contributed by atoms with E-state index in [9.17, 15) is 15.2 Å². The number of nitrogens with two attached hydrogens (primary N) is 1. The molecule has 4 atom stereocenters. The molecule has 7 nitrogen and oxygen atoms in total. The van der Waals surface area contributed by atoms with Gasteiger partial charge in [0.25, 0.3) is 0 Å². The lowest BCUT2D eigenvalue weighted by atomic mass is 9.81. The zero-order valence-corrected chi connectivity index (χ0v) is 12.6. The highest BCUT2D eigenvalue weighted by atomic mass is 16.8. The average Bonchev–Trinajstić information content (AvgIpc) is 2.48. The lowest BCUT2D eigenvalue weighted by molar-refractivity contribution is -0.148. The molecule has 0 spiro atoms. The molecule has 122 valence electrons. The van der Waals surface area contributed by atoms with Gasteiger partial charge in [-0.05, 0) is 38.5 Å². The summed E-state index contributed by atoms with van der Waals surface area (Å²) in [5.74, 6) is -0.0760. The Kier molecular flexibility index (Phi) is 6.09. The van der Waals surface area contributed by atoms with Crippen LogP contribution in [0.4, 0.5) is 0 Å². The smallest absolute Gasteiger partial charge is 0.150 e. The van der Waals surface area contributed by atoms with Gasteiger partial charge in [-0.15, -0.1) is 0 Å². The van der Waals surface area contributed by atoms with Gasteiger partial charge in [-0.25, -0.2) is 0 Å². The molecule has 0 aromatic heterocycles. The minimum Gasteiger partial charge on any atom is -0.762 e. The molecule has 2 rings (SSSR count). The summed E-state index contributed by atoms with van der Waals surface area (Å²) in [5.41, 5.74) is 6.03. The first kappa shape index (κ1) is 16.8. The Hall–Kier alpha value is -0.570. The van der Waals surface area contributed by atoms with E-state index in [0.29, 0.717) is 25.8 Å². The third-order valence-corrected chi connectivity index (χ3v) is 4.82. The van der Waals surface area contributed by atoms with Crippen LogP contribution in [0.2, 0.25) is 0 Å². The van der Waals surface area contributed by atoms with Crippen LogP contribution in [0.25, 0.3) is 0 Å². The highest BCUT2D eigenvalue weighted by Gasteiger charge is 2.35. The van der Waals surface area contributed by atoms with Crippen LogP contribution in [0.1, 0.15) is 38.5 Å². The average molecular weight is 300 g/mol. The van der Waals surface area contributed by atoms with E-state index in [2.05, 4.69) is 0 Å². The second-order valence-electron chi connectivity index (χ2n) is 6.15. The van der Waals surface area contributed by atoms with E-state index in [4.69, 9.17) is 10.5 Å². The molecule has 1 saturated carbocycles. The molecule has 1 saturated heterocycles. The molecule has 4 unspecified atom stereocenters. The van der Waals surface area contributed by atoms with Gasteiger partial charge in [0.1, 0.15) is 5.78 Å². The van der Waals surface area contributed by atoms with E-state index in [0.717, 1.165) is 25.8 Å². The van der Waals surface area contributed by atoms with E-state index in [1.54, 1.807) is 0 Å². The summed E-state index contributed by atoms with van der Waals surface area (Å²) in [6.07, 6.45) is 4.43. The number of Topliss-reactive ketones (excluding diaryl/α,β-unsaturated/α-hetero) is 1. The van der Waals surface area contributed by atoms with E-state index < -0.39 is 6.04 Å². The molecule has 1 aliphatic heterocycles. The Morgan fingerprint density at radius 3 is 2.81 bits per heavy atom. The van der Waals surface area contributed by atoms with E-state index >= 15 is 0 Å².